The van der Waals surface area contributed by atoms with Crippen molar-refractivity contribution >= 4 is 11.6 Å². The summed E-state index contributed by atoms with van der Waals surface area (Å²) >= 11 is 5.78. The third kappa shape index (κ3) is 1.53. The molecular weight excluding hydrogens is 198 g/mol. The van der Waals surface area contributed by atoms with Crippen LogP contribution in [0.5, 0.6) is 0 Å². The lowest BCUT2D eigenvalue weighted by atomic mass is 10.0. The summed E-state index contributed by atoms with van der Waals surface area (Å²) in [7, 11) is 0. The van der Waals surface area contributed by atoms with Crippen LogP contribution in [0.1, 0.15) is 11.1 Å². The van der Waals surface area contributed by atoms with Crippen molar-refractivity contribution in [2.75, 3.05) is 0 Å². The first kappa shape index (κ1) is 9.28. The van der Waals surface area contributed by atoms with Gasteiger partial charge in [0.2, 0.25) is 0 Å². The van der Waals surface area contributed by atoms with Gasteiger partial charge in [0, 0.05) is 11.1 Å². The van der Waals surface area contributed by atoms with Gasteiger partial charge in [0.05, 0.1) is 12.1 Å². The molecule has 0 aliphatic heterocycles. The van der Waals surface area contributed by atoms with E-state index in [0.29, 0.717) is 5.88 Å². The Morgan fingerprint density at radius 3 is 2.86 bits per heavy atom. The van der Waals surface area contributed by atoms with E-state index in [-0.39, 0.29) is 0 Å². The standard InChI is InChI=1S/C11H10ClNO/c1-8-4-2-3-5-10(8)11-9(6-12)7-13-14-11/h2-5,7H,6H2,1H3. The Kier molecular flexibility index (Phi) is 2.55. The molecule has 2 nitrogen and oxygen atoms in total. The number of rotatable bonds is 2. The SMILES string of the molecule is Cc1ccccc1-c1oncc1CCl. The molecule has 0 N–H and O–H groups in total. The average molecular weight is 208 g/mol. The Bertz CT molecular complexity index is 436. The summed E-state index contributed by atoms with van der Waals surface area (Å²) in [5.41, 5.74) is 3.15. The van der Waals surface area contributed by atoms with Crippen molar-refractivity contribution in [3.05, 3.63) is 41.6 Å². The second-order valence-electron chi connectivity index (χ2n) is 3.13. The monoisotopic (exact) mass is 207 g/mol. The summed E-state index contributed by atoms with van der Waals surface area (Å²) in [5.74, 6) is 1.20. The minimum absolute atomic E-state index is 0.424. The predicted octanol–water partition coefficient (Wildman–Crippen LogP) is 3.39. The third-order valence-corrected chi connectivity index (χ3v) is 2.47. The van der Waals surface area contributed by atoms with E-state index < -0.39 is 0 Å². The molecule has 0 aliphatic carbocycles. The number of aryl methyl sites for hydroxylation is 1. The molecule has 0 bridgehead atoms. The molecule has 14 heavy (non-hydrogen) atoms. The van der Waals surface area contributed by atoms with E-state index in [9.17, 15) is 0 Å². The number of hydrogen-bond acceptors (Lipinski definition) is 2. The molecule has 0 unspecified atom stereocenters. The molecule has 0 atom stereocenters. The number of benzene rings is 1. The number of hydrogen-bond donors (Lipinski definition) is 0. The largest absolute Gasteiger partial charge is 0.356 e. The van der Waals surface area contributed by atoms with E-state index in [4.69, 9.17) is 16.1 Å². The maximum absolute atomic E-state index is 5.78. The quantitative estimate of drug-likeness (QED) is 0.706. The fourth-order valence-corrected chi connectivity index (χ4v) is 1.60. The molecule has 0 amide bonds. The number of alkyl halides is 1. The summed E-state index contributed by atoms with van der Waals surface area (Å²) in [6, 6.07) is 8.01. The molecule has 0 aliphatic rings. The molecule has 1 aromatic carbocycles. The fraction of sp³-hybridized carbons (Fsp3) is 0.182. The first-order chi connectivity index (χ1) is 6.83. The molecule has 0 radical (unpaired) electrons. The van der Waals surface area contributed by atoms with Crippen molar-refractivity contribution in [3.63, 3.8) is 0 Å². The van der Waals surface area contributed by atoms with E-state index in [1.807, 2.05) is 31.2 Å². The van der Waals surface area contributed by atoms with Crippen LogP contribution in [0.25, 0.3) is 11.3 Å². The molecule has 3 heteroatoms. The molecule has 1 aromatic heterocycles. The maximum atomic E-state index is 5.78. The highest BCUT2D eigenvalue weighted by molar-refractivity contribution is 6.17. The van der Waals surface area contributed by atoms with Crippen LogP contribution in [0, 0.1) is 6.92 Å². The number of nitrogens with zero attached hydrogens (tertiary/aromatic N) is 1. The van der Waals surface area contributed by atoms with E-state index in [0.717, 1.165) is 22.5 Å². The zero-order valence-corrected chi connectivity index (χ0v) is 8.58. The Morgan fingerprint density at radius 1 is 1.36 bits per heavy atom. The van der Waals surface area contributed by atoms with Crippen LogP contribution < -0.4 is 0 Å². The lowest BCUT2D eigenvalue weighted by Crippen LogP contribution is -1.83. The molecule has 0 saturated carbocycles. The highest BCUT2D eigenvalue weighted by Crippen LogP contribution is 2.27. The molecule has 1 heterocycles. The predicted molar refractivity (Wildman–Crippen MR) is 56.2 cm³/mol. The van der Waals surface area contributed by atoms with Crippen LogP contribution >= 0.6 is 11.6 Å². The van der Waals surface area contributed by atoms with Crippen molar-refractivity contribution in [2.24, 2.45) is 0 Å². The normalized spacial score (nSPS) is 10.4. The first-order valence-corrected chi connectivity index (χ1v) is 4.92. The van der Waals surface area contributed by atoms with Crippen LogP contribution in [0.2, 0.25) is 0 Å². The smallest absolute Gasteiger partial charge is 0.171 e. The minimum atomic E-state index is 0.424. The zero-order chi connectivity index (χ0) is 9.97. The topological polar surface area (TPSA) is 26.0 Å². The molecule has 0 fully saturated rings. The average Bonchev–Trinajstić information content (AvgIpc) is 2.66. The summed E-state index contributed by atoms with van der Waals surface area (Å²) in [6.07, 6.45) is 1.66. The van der Waals surface area contributed by atoms with Gasteiger partial charge in [-0.25, -0.2) is 0 Å². The van der Waals surface area contributed by atoms with Crippen LogP contribution in [-0.4, -0.2) is 5.16 Å². The molecule has 0 saturated heterocycles. The minimum Gasteiger partial charge on any atom is -0.356 e. The van der Waals surface area contributed by atoms with E-state index in [1.54, 1.807) is 6.20 Å². The van der Waals surface area contributed by atoms with Crippen LogP contribution in [0.3, 0.4) is 0 Å². The molecule has 2 aromatic rings. The van der Waals surface area contributed by atoms with Gasteiger partial charge in [0.15, 0.2) is 5.76 Å². The molecule has 0 spiro atoms. The molecule has 2 rings (SSSR count). The Balaban J connectivity index is 2.54. The first-order valence-electron chi connectivity index (χ1n) is 4.38. The Morgan fingerprint density at radius 2 is 2.14 bits per heavy atom. The van der Waals surface area contributed by atoms with Crippen molar-refractivity contribution in [2.45, 2.75) is 12.8 Å². The summed E-state index contributed by atoms with van der Waals surface area (Å²) < 4.78 is 5.19. The van der Waals surface area contributed by atoms with Gasteiger partial charge in [-0.1, -0.05) is 29.4 Å². The second-order valence-corrected chi connectivity index (χ2v) is 3.40. The molecule has 72 valence electrons. The van der Waals surface area contributed by atoms with Crippen LogP contribution in [0.15, 0.2) is 35.0 Å². The fourth-order valence-electron chi connectivity index (χ4n) is 1.40. The lowest BCUT2D eigenvalue weighted by molar-refractivity contribution is 0.431. The van der Waals surface area contributed by atoms with Gasteiger partial charge in [-0.2, -0.15) is 0 Å². The maximum Gasteiger partial charge on any atom is 0.171 e. The van der Waals surface area contributed by atoms with Gasteiger partial charge in [-0.05, 0) is 12.5 Å². The number of halogens is 1. The van der Waals surface area contributed by atoms with Crippen LogP contribution in [0.4, 0.5) is 0 Å². The van der Waals surface area contributed by atoms with Crippen molar-refractivity contribution in [1.29, 1.82) is 0 Å². The van der Waals surface area contributed by atoms with Gasteiger partial charge in [-0.3, -0.25) is 0 Å². The Hall–Kier alpha value is -1.28. The van der Waals surface area contributed by atoms with Crippen molar-refractivity contribution in [1.82, 2.24) is 5.16 Å². The summed E-state index contributed by atoms with van der Waals surface area (Å²) in [4.78, 5) is 0. The van der Waals surface area contributed by atoms with Crippen LogP contribution in [-0.2, 0) is 5.88 Å². The van der Waals surface area contributed by atoms with Crippen molar-refractivity contribution < 1.29 is 4.52 Å². The van der Waals surface area contributed by atoms with Gasteiger partial charge < -0.3 is 4.52 Å². The summed E-state index contributed by atoms with van der Waals surface area (Å²) in [5, 5.41) is 3.75. The highest BCUT2D eigenvalue weighted by atomic mass is 35.5. The van der Waals surface area contributed by atoms with Gasteiger partial charge >= 0.3 is 0 Å². The van der Waals surface area contributed by atoms with Gasteiger partial charge in [0.25, 0.3) is 0 Å². The zero-order valence-electron chi connectivity index (χ0n) is 7.83. The molecular formula is C11H10ClNO. The van der Waals surface area contributed by atoms with Gasteiger partial charge in [-0.15, -0.1) is 11.6 Å². The number of aromatic nitrogens is 1. The second kappa shape index (κ2) is 3.84. The third-order valence-electron chi connectivity index (χ3n) is 2.18. The van der Waals surface area contributed by atoms with E-state index in [2.05, 4.69) is 5.16 Å². The Labute approximate surface area is 87.5 Å². The lowest BCUT2D eigenvalue weighted by Gasteiger charge is -2.01. The van der Waals surface area contributed by atoms with Gasteiger partial charge in [0.1, 0.15) is 0 Å². The van der Waals surface area contributed by atoms with E-state index >= 15 is 0 Å². The highest BCUT2D eigenvalue weighted by Gasteiger charge is 2.10. The van der Waals surface area contributed by atoms with E-state index in [1.165, 1.54) is 0 Å². The van der Waals surface area contributed by atoms with Crippen molar-refractivity contribution in [3.8, 4) is 11.3 Å². The summed E-state index contributed by atoms with van der Waals surface area (Å²) in [6.45, 7) is 2.04.